The van der Waals surface area contributed by atoms with Crippen molar-refractivity contribution in [3.8, 4) is 5.75 Å². The van der Waals surface area contributed by atoms with E-state index in [0.29, 0.717) is 18.1 Å². The minimum absolute atomic E-state index is 0.329. The summed E-state index contributed by atoms with van der Waals surface area (Å²) >= 11 is 0. The van der Waals surface area contributed by atoms with Gasteiger partial charge in [0.15, 0.2) is 0 Å². The molecule has 0 amide bonds. The van der Waals surface area contributed by atoms with Gasteiger partial charge in [0.25, 0.3) is 0 Å². The quantitative estimate of drug-likeness (QED) is 0.787. The fourth-order valence-corrected chi connectivity index (χ4v) is 2.99. The van der Waals surface area contributed by atoms with Gasteiger partial charge in [-0.15, -0.1) is 0 Å². The van der Waals surface area contributed by atoms with Gasteiger partial charge >= 0.3 is 0 Å². The molecule has 0 aromatic heterocycles. The van der Waals surface area contributed by atoms with E-state index in [1.54, 1.807) is 0 Å². The summed E-state index contributed by atoms with van der Waals surface area (Å²) in [7, 11) is 0. The van der Waals surface area contributed by atoms with E-state index in [1.165, 1.54) is 5.56 Å². The normalized spacial score (nSPS) is 23.2. The predicted octanol–water partition coefficient (Wildman–Crippen LogP) is 3.94. The molecule has 3 heteroatoms. The van der Waals surface area contributed by atoms with Gasteiger partial charge in [0.1, 0.15) is 5.75 Å². The molecule has 0 saturated carbocycles. The minimum atomic E-state index is 0.329. The molecule has 1 heterocycles. The molecular formula is C18H29NO2. The molecule has 3 unspecified atom stereocenters. The third-order valence-electron chi connectivity index (χ3n) is 4.19. The van der Waals surface area contributed by atoms with Crippen molar-refractivity contribution in [3.63, 3.8) is 0 Å². The van der Waals surface area contributed by atoms with E-state index in [0.717, 1.165) is 44.8 Å². The van der Waals surface area contributed by atoms with E-state index in [1.807, 2.05) is 0 Å². The second-order valence-electron chi connectivity index (χ2n) is 5.88. The first-order chi connectivity index (χ1) is 10.3. The van der Waals surface area contributed by atoms with Crippen molar-refractivity contribution in [2.24, 2.45) is 5.92 Å². The summed E-state index contributed by atoms with van der Waals surface area (Å²) in [6.07, 6.45) is 3.65. The highest BCUT2D eigenvalue weighted by molar-refractivity contribution is 5.30. The zero-order valence-corrected chi connectivity index (χ0v) is 13.6. The van der Waals surface area contributed by atoms with Gasteiger partial charge in [-0.25, -0.2) is 0 Å². The summed E-state index contributed by atoms with van der Waals surface area (Å²) < 4.78 is 11.4. The Bertz CT molecular complexity index is 404. The maximum atomic E-state index is 5.76. The monoisotopic (exact) mass is 291 g/mol. The van der Waals surface area contributed by atoms with Gasteiger partial charge in [-0.3, -0.25) is 0 Å². The van der Waals surface area contributed by atoms with Crippen molar-refractivity contribution in [2.45, 2.75) is 52.2 Å². The Morgan fingerprint density at radius 2 is 2.00 bits per heavy atom. The molecule has 0 radical (unpaired) electrons. The molecule has 1 aliphatic rings. The summed E-state index contributed by atoms with van der Waals surface area (Å²) in [5.41, 5.74) is 1.34. The van der Waals surface area contributed by atoms with Crippen LogP contribution in [0.3, 0.4) is 0 Å². The van der Waals surface area contributed by atoms with Crippen molar-refractivity contribution in [1.29, 1.82) is 0 Å². The fraction of sp³-hybridized carbons (Fsp3) is 0.667. The number of benzene rings is 1. The third kappa shape index (κ3) is 4.45. The summed E-state index contributed by atoms with van der Waals surface area (Å²) in [6, 6.07) is 8.95. The van der Waals surface area contributed by atoms with E-state index >= 15 is 0 Å². The van der Waals surface area contributed by atoms with Crippen LogP contribution in [0.15, 0.2) is 24.3 Å². The first-order valence-electron chi connectivity index (χ1n) is 8.34. The van der Waals surface area contributed by atoms with Crippen LogP contribution in [-0.4, -0.2) is 25.9 Å². The van der Waals surface area contributed by atoms with Gasteiger partial charge in [-0.05, 0) is 50.4 Å². The van der Waals surface area contributed by atoms with Crippen LogP contribution in [-0.2, 0) is 4.74 Å². The van der Waals surface area contributed by atoms with Crippen LogP contribution in [0.5, 0.6) is 5.75 Å². The minimum Gasteiger partial charge on any atom is -0.494 e. The molecule has 1 N–H and O–H groups in total. The predicted molar refractivity (Wildman–Crippen MR) is 86.8 cm³/mol. The Labute approximate surface area is 129 Å². The van der Waals surface area contributed by atoms with Gasteiger partial charge in [0, 0.05) is 18.6 Å². The van der Waals surface area contributed by atoms with Gasteiger partial charge in [-0.2, -0.15) is 0 Å². The van der Waals surface area contributed by atoms with E-state index in [4.69, 9.17) is 9.47 Å². The van der Waals surface area contributed by atoms with Crippen LogP contribution in [0, 0.1) is 5.92 Å². The average molecular weight is 291 g/mol. The van der Waals surface area contributed by atoms with Crippen molar-refractivity contribution in [1.82, 2.24) is 5.32 Å². The van der Waals surface area contributed by atoms with E-state index < -0.39 is 0 Å². The Balaban J connectivity index is 2.08. The van der Waals surface area contributed by atoms with Crippen molar-refractivity contribution >= 4 is 0 Å². The van der Waals surface area contributed by atoms with Crippen molar-refractivity contribution < 1.29 is 9.47 Å². The standard InChI is InChI=1S/C18H29NO2/c1-4-11-19-18(17-10-13-20-14(17)3)15-6-8-16(9-7-15)21-12-5-2/h6-9,14,17-19H,4-5,10-13H2,1-3H3. The maximum Gasteiger partial charge on any atom is 0.119 e. The molecule has 118 valence electrons. The number of nitrogens with one attached hydrogen (secondary N) is 1. The van der Waals surface area contributed by atoms with Crippen molar-refractivity contribution in [3.05, 3.63) is 29.8 Å². The summed E-state index contributed by atoms with van der Waals surface area (Å²) in [6.45, 7) is 9.23. The second kappa shape index (κ2) is 8.40. The molecule has 0 spiro atoms. The largest absolute Gasteiger partial charge is 0.494 e. The lowest BCUT2D eigenvalue weighted by atomic mass is 9.88. The Morgan fingerprint density at radius 1 is 1.24 bits per heavy atom. The number of hydrogen-bond donors (Lipinski definition) is 1. The molecule has 1 saturated heterocycles. The van der Waals surface area contributed by atoms with E-state index in [2.05, 4.69) is 50.4 Å². The lowest BCUT2D eigenvalue weighted by molar-refractivity contribution is 0.0953. The van der Waals surface area contributed by atoms with Gasteiger partial charge in [-0.1, -0.05) is 26.0 Å². The number of hydrogen-bond acceptors (Lipinski definition) is 3. The SMILES string of the molecule is CCCNC(c1ccc(OCCC)cc1)C1CCOC1C. The fourth-order valence-electron chi connectivity index (χ4n) is 2.99. The van der Waals surface area contributed by atoms with Crippen LogP contribution in [0.1, 0.15) is 51.6 Å². The molecule has 1 aromatic carbocycles. The lowest BCUT2D eigenvalue weighted by Crippen LogP contribution is -2.32. The number of rotatable bonds is 8. The van der Waals surface area contributed by atoms with Crippen molar-refractivity contribution in [2.75, 3.05) is 19.8 Å². The third-order valence-corrected chi connectivity index (χ3v) is 4.19. The molecule has 3 nitrogen and oxygen atoms in total. The molecule has 1 aliphatic heterocycles. The highest BCUT2D eigenvalue weighted by atomic mass is 16.5. The van der Waals surface area contributed by atoms with Gasteiger partial charge in [0.05, 0.1) is 12.7 Å². The Morgan fingerprint density at radius 3 is 2.57 bits per heavy atom. The number of ether oxygens (including phenoxy) is 2. The second-order valence-corrected chi connectivity index (χ2v) is 5.88. The zero-order valence-electron chi connectivity index (χ0n) is 13.6. The van der Waals surface area contributed by atoms with Crippen LogP contribution in [0.2, 0.25) is 0 Å². The van der Waals surface area contributed by atoms with Crippen LogP contribution >= 0.6 is 0 Å². The molecule has 21 heavy (non-hydrogen) atoms. The highest BCUT2D eigenvalue weighted by Gasteiger charge is 2.32. The van der Waals surface area contributed by atoms with E-state index in [9.17, 15) is 0 Å². The summed E-state index contributed by atoms with van der Waals surface area (Å²) in [4.78, 5) is 0. The van der Waals surface area contributed by atoms with Crippen LogP contribution in [0.4, 0.5) is 0 Å². The molecule has 1 fully saturated rings. The molecule has 0 bridgehead atoms. The smallest absolute Gasteiger partial charge is 0.119 e. The van der Waals surface area contributed by atoms with Gasteiger partial charge in [0.2, 0.25) is 0 Å². The summed E-state index contributed by atoms with van der Waals surface area (Å²) in [5, 5.41) is 3.70. The zero-order chi connectivity index (χ0) is 15.1. The average Bonchev–Trinajstić information content (AvgIpc) is 2.93. The first kappa shape index (κ1) is 16.3. The topological polar surface area (TPSA) is 30.5 Å². The Hall–Kier alpha value is -1.06. The van der Waals surface area contributed by atoms with Crippen LogP contribution < -0.4 is 10.1 Å². The van der Waals surface area contributed by atoms with E-state index in [-0.39, 0.29) is 0 Å². The molecule has 0 aliphatic carbocycles. The van der Waals surface area contributed by atoms with Gasteiger partial charge < -0.3 is 14.8 Å². The Kier molecular flexibility index (Phi) is 6.52. The summed E-state index contributed by atoms with van der Waals surface area (Å²) in [5.74, 6) is 1.52. The highest BCUT2D eigenvalue weighted by Crippen LogP contribution is 2.34. The lowest BCUT2D eigenvalue weighted by Gasteiger charge is -2.27. The molecule has 1 aromatic rings. The first-order valence-corrected chi connectivity index (χ1v) is 8.34. The molecule has 3 atom stereocenters. The molecular weight excluding hydrogens is 262 g/mol. The van der Waals surface area contributed by atoms with Crippen LogP contribution in [0.25, 0.3) is 0 Å². The molecule has 2 rings (SSSR count). The maximum absolute atomic E-state index is 5.76.